The summed E-state index contributed by atoms with van der Waals surface area (Å²) >= 11 is 0. The van der Waals surface area contributed by atoms with Crippen LogP contribution >= 0.6 is 0 Å². The quantitative estimate of drug-likeness (QED) is 0.431. The van der Waals surface area contributed by atoms with E-state index in [0.29, 0.717) is 11.3 Å². The number of methoxy groups -OCH3 is 1. The summed E-state index contributed by atoms with van der Waals surface area (Å²) in [5.74, 6) is -4.33. The zero-order valence-corrected chi connectivity index (χ0v) is 19.1. The maximum atomic E-state index is 14.0. The third kappa shape index (κ3) is 2.70. The van der Waals surface area contributed by atoms with E-state index in [1.807, 2.05) is 19.1 Å². The summed E-state index contributed by atoms with van der Waals surface area (Å²) < 4.78 is 11.7. The van der Waals surface area contributed by atoms with Gasteiger partial charge in [-0.2, -0.15) is 0 Å². The van der Waals surface area contributed by atoms with Gasteiger partial charge in [0.05, 0.1) is 30.7 Å². The van der Waals surface area contributed by atoms with Gasteiger partial charge in [0.25, 0.3) is 0 Å². The summed E-state index contributed by atoms with van der Waals surface area (Å²) in [6.45, 7) is 1.93. The van der Waals surface area contributed by atoms with Crippen LogP contribution < -0.4 is 9.64 Å². The maximum Gasteiger partial charge on any atom is 0.241 e. The number of aryl methyl sites for hydroxylation is 1. The van der Waals surface area contributed by atoms with E-state index in [1.54, 1.807) is 60.7 Å². The molecule has 0 N–H and O–H groups in total. The number of carbonyl (C=O) groups is 4. The van der Waals surface area contributed by atoms with Crippen LogP contribution in [0.15, 0.2) is 72.8 Å². The van der Waals surface area contributed by atoms with E-state index < -0.39 is 46.9 Å². The van der Waals surface area contributed by atoms with E-state index in [1.165, 1.54) is 7.11 Å². The Morgan fingerprint density at radius 2 is 1.40 bits per heavy atom. The predicted octanol–water partition coefficient (Wildman–Crippen LogP) is 3.70. The third-order valence-corrected chi connectivity index (χ3v) is 7.25. The number of hydrogen-bond donors (Lipinski definition) is 0. The number of ether oxygens (including phenoxy) is 2. The number of fused-ring (bicyclic) bond motifs is 3. The summed E-state index contributed by atoms with van der Waals surface area (Å²) in [7, 11) is 1.45. The normalized spacial score (nSPS) is 24.3. The van der Waals surface area contributed by atoms with E-state index in [4.69, 9.17) is 9.47 Å². The number of rotatable bonds is 3. The first kappa shape index (κ1) is 21.4. The fourth-order valence-corrected chi connectivity index (χ4v) is 5.63. The first-order valence-electron chi connectivity index (χ1n) is 11.3. The van der Waals surface area contributed by atoms with Crippen molar-refractivity contribution < 1.29 is 28.7 Å². The number of carbonyl (C=O) groups excluding carboxylic acids is 4. The molecule has 1 spiro atoms. The summed E-state index contributed by atoms with van der Waals surface area (Å²) in [5.41, 5.74) is 0.221. The van der Waals surface area contributed by atoms with Crippen molar-refractivity contribution in [1.82, 2.24) is 0 Å². The number of nitrogens with zero attached hydrogens (tertiary/aromatic N) is 1. The summed E-state index contributed by atoms with van der Waals surface area (Å²) in [5, 5.41) is 0. The van der Waals surface area contributed by atoms with E-state index in [0.717, 1.165) is 10.5 Å². The van der Waals surface area contributed by atoms with Crippen molar-refractivity contribution in [3.8, 4) is 5.75 Å². The molecule has 35 heavy (non-hydrogen) atoms. The molecule has 0 saturated carbocycles. The topological polar surface area (TPSA) is 90.0 Å². The number of ketones is 2. The fourth-order valence-electron chi connectivity index (χ4n) is 5.63. The summed E-state index contributed by atoms with van der Waals surface area (Å²) in [6, 6.07) is 20.5. The van der Waals surface area contributed by atoms with Crippen LogP contribution in [0.3, 0.4) is 0 Å². The van der Waals surface area contributed by atoms with Gasteiger partial charge < -0.3 is 9.47 Å². The Bertz CT molecular complexity index is 1390. The Labute approximate surface area is 201 Å². The van der Waals surface area contributed by atoms with Crippen LogP contribution in [0, 0.1) is 18.8 Å². The van der Waals surface area contributed by atoms with Gasteiger partial charge in [-0.25, -0.2) is 4.90 Å². The van der Waals surface area contributed by atoms with Crippen LogP contribution in [0.2, 0.25) is 0 Å². The minimum absolute atomic E-state index is 0.205. The Balaban J connectivity index is 1.55. The van der Waals surface area contributed by atoms with Crippen molar-refractivity contribution in [2.75, 3.05) is 12.0 Å². The Hall–Kier alpha value is -4.10. The highest BCUT2D eigenvalue weighted by molar-refractivity contribution is 6.37. The second-order valence-electron chi connectivity index (χ2n) is 9.08. The maximum absolute atomic E-state index is 14.0. The van der Waals surface area contributed by atoms with Gasteiger partial charge in [-0.3, -0.25) is 19.2 Å². The molecule has 3 aromatic rings. The van der Waals surface area contributed by atoms with Crippen LogP contribution in [0.4, 0.5) is 5.69 Å². The van der Waals surface area contributed by atoms with Crippen LogP contribution in [0.5, 0.6) is 5.75 Å². The van der Waals surface area contributed by atoms with Gasteiger partial charge >= 0.3 is 0 Å². The SMILES string of the molecule is COc1ccccc1N1C(=O)[C@@H]2[C@H](c3ccc(C)cc3)OC3(C(=O)c4ccccc4C3=O)[C@H]2C1=O. The van der Waals surface area contributed by atoms with Crippen LogP contribution in [-0.2, 0) is 14.3 Å². The summed E-state index contributed by atoms with van der Waals surface area (Å²) in [4.78, 5) is 56.4. The number of amides is 2. The van der Waals surface area contributed by atoms with Gasteiger partial charge in [0.1, 0.15) is 5.75 Å². The first-order chi connectivity index (χ1) is 16.9. The molecule has 2 heterocycles. The highest BCUT2D eigenvalue weighted by atomic mass is 16.5. The van der Waals surface area contributed by atoms with Gasteiger partial charge in [-0.1, -0.05) is 66.2 Å². The molecular weight excluding hydrogens is 446 g/mol. The number of anilines is 1. The molecule has 3 aromatic carbocycles. The molecule has 0 aromatic heterocycles. The highest BCUT2D eigenvalue weighted by Gasteiger charge is 2.74. The minimum atomic E-state index is -2.09. The lowest BCUT2D eigenvalue weighted by Gasteiger charge is -2.27. The van der Waals surface area contributed by atoms with Gasteiger partial charge in [0, 0.05) is 11.1 Å². The number of Topliss-reactive ketones (excluding diaryl/α,β-unsaturated/α-hetero) is 2. The molecule has 174 valence electrons. The lowest BCUT2D eigenvalue weighted by Crippen LogP contribution is -2.51. The van der Waals surface area contributed by atoms with E-state index in [2.05, 4.69) is 0 Å². The largest absolute Gasteiger partial charge is 0.495 e. The Kier molecular flexibility index (Phi) is 4.56. The number of imide groups is 1. The lowest BCUT2D eigenvalue weighted by atomic mass is 9.77. The molecular formula is C28H21NO6. The molecule has 7 nitrogen and oxygen atoms in total. The highest BCUT2D eigenvalue weighted by Crippen LogP contribution is 2.58. The monoisotopic (exact) mass is 467 g/mol. The minimum Gasteiger partial charge on any atom is -0.495 e. The smallest absolute Gasteiger partial charge is 0.241 e. The molecule has 2 aliphatic heterocycles. The lowest BCUT2D eigenvalue weighted by molar-refractivity contribution is -0.127. The van der Waals surface area contributed by atoms with Crippen LogP contribution in [0.1, 0.15) is 37.9 Å². The predicted molar refractivity (Wildman–Crippen MR) is 125 cm³/mol. The zero-order valence-electron chi connectivity index (χ0n) is 19.1. The molecule has 0 unspecified atom stereocenters. The van der Waals surface area contributed by atoms with Crippen LogP contribution in [0.25, 0.3) is 0 Å². The fraction of sp³-hybridized carbons (Fsp3) is 0.214. The van der Waals surface area contributed by atoms with Crippen molar-refractivity contribution in [2.45, 2.75) is 18.6 Å². The average molecular weight is 467 g/mol. The number of hydrogen-bond acceptors (Lipinski definition) is 6. The van der Waals surface area contributed by atoms with Crippen molar-refractivity contribution in [3.05, 3.63) is 95.1 Å². The van der Waals surface area contributed by atoms with Gasteiger partial charge in [0.2, 0.25) is 29.0 Å². The van der Waals surface area contributed by atoms with Gasteiger partial charge in [-0.05, 0) is 24.6 Å². The van der Waals surface area contributed by atoms with E-state index in [-0.39, 0.29) is 16.8 Å². The molecule has 0 radical (unpaired) electrons. The summed E-state index contributed by atoms with van der Waals surface area (Å²) in [6.07, 6.45) is -0.945. The van der Waals surface area contributed by atoms with E-state index >= 15 is 0 Å². The van der Waals surface area contributed by atoms with Gasteiger partial charge in [-0.15, -0.1) is 0 Å². The average Bonchev–Trinajstić information content (AvgIpc) is 3.44. The molecule has 0 bridgehead atoms. The third-order valence-electron chi connectivity index (χ3n) is 7.25. The van der Waals surface area contributed by atoms with Gasteiger partial charge in [0.15, 0.2) is 0 Å². The molecule has 1 aliphatic carbocycles. The van der Waals surface area contributed by atoms with Crippen molar-refractivity contribution in [1.29, 1.82) is 0 Å². The Morgan fingerprint density at radius 1 is 0.800 bits per heavy atom. The molecule has 6 rings (SSSR count). The van der Waals surface area contributed by atoms with Crippen molar-refractivity contribution >= 4 is 29.1 Å². The molecule has 3 aliphatic rings. The first-order valence-corrected chi connectivity index (χ1v) is 11.3. The second-order valence-corrected chi connectivity index (χ2v) is 9.08. The number of para-hydroxylation sites is 2. The standard InChI is InChI=1S/C28H21NO6/c1-15-11-13-16(14-12-15)23-21-22(27(33)29(26(21)32)19-9-5-6-10-20(19)34-2)28(35-23)24(30)17-7-3-4-8-18(17)25(28)31/h3-14,21-23H,1-2H3/t21-,22+,23-/m0/s1. The van der Waals surface area contributed by atoms with E-state index in [9.17, 15) is 19.2 Å². The van der Waals surface area contributed by atoms with Crippen LogP contribution in [-0.4, -0.2) is 36.1 Å². The molecule has 2 fully saturated rings. The zero-order chi connectivity index (χ0) is 24.5. The molecule has 7 heteroatoms. The van der Waals surface area contributed by atoms with Crippen molar-refractivity contribution in [2.24, 2.45) is 11.8 Å². The molecule has 2 amide bonds. The van der Waals surface area contributed by atoms with Crippen molar-refractivity contribution in [3.63, 3.8) is 0 Å². The molecule has 2 saturated heterocycles. The Morgan fingerprint density at radius 3 is 2.03 bits per heavy atom. The molecule has 3 atom stereocenters. The second kappa shape index (κ2) is 7.45. The number of benzene rings is 3.